The lowest BCUT2D eigenvalue weighted by atomic mass is 10.2. The van der Waals surface area contributed by atoms with Gasteiger partial charge in [-0.15, -0.1) is 23.4 Å². The fraction of sp³-hybridized carbons (Fsp3) is 0.111. The molecule has 1 aromatic heterocycles. The second kappa shape index (κ2) is 4.61. The van der Waals surface area contributed by atoms with E-state index in [9.17, 15) is 13.2 Å². The quantitative estimate of drug-likeness (QED) is 0.841. The molecule has 0 aliphatic rings. The van der Waals surface area contributed by atoms with Crippen LogP contribution in [0.3, 0.4) is 0 Å². The fourth-order valence-electron chi connectivity index (χ4n) is 1.15. The molecule has 0 aliphatic heterocycles. The third kappa shape index (κ3) is 3.40. The van der Waals surface area contributed by atoms with Crippen LogP contribution in [0.1, 0.15) is 0 Å². The molecule has 90 valence electrons. The van der Waals surface area contributed by atoms with Gasteiger partial charge in [0.15, 0.2) is 3.92 Å². The zero-order valence-electron chi connectivity index (χ0n) is 8.03. The smallest absolute Gasteiger partial charge is 0.406 e. The van der Waals surface area contributed by atoms with Crippen molar-refractivity contribution in [2.24, 2.45) is 0 Å². The molecule has 8 heteroatoms. The molecule has 0 saturated carbocycles. The lowest BCUT2D eigenvalue weighted by molar-refractivity contribution is -0.274. The van der Waals surface area contributed by atoms with E-state index in [-0.39, 0.29) is 5.75 Å². The molecular weight excluding hydrogens is 321 g/mol. The number of nitrogens with zero attached hydrogens (tertiary/aromatic N) is 2. The van der Waals surface area contributed by atoms with Crippen LogP contribution < -0.4 is 4.74 Å². The van der Waals surface area contributed by atoms with Crippen molar-refractivity contribution in [3.8, 4) is 16.3 Å². The van der Waals surface area contributed by atoms with Gasteiger partial charge >= 0.3 is 6.36 Å². The maximum absolute atomic E-state index is 12.0. The first-order valence-corrected chi connectivity index (χ1v) is 5.90. The van der Waals surface area contributed by atoms with Gasteiger partial charge in [-0.05, 0) is 28.1 Å². The third-order valence-corrected chi connectivity index (χ3v) is 3.12. The van der Waals surface area contributed by atoms with Crippen molar-refractivity contribution in [2.75, 3.05) is 0 Å². The van der Waals surface area contributed by atoms with Crippen LogP contribution in [0, 0.1) is 0 Å². The number of hydrogen-bond donors (Lipinski definition) is 0. The SMILES string of the molecule is FC(F)(F)Oc1cccc(-c2nnc(Br)s2)c1. The second-order valence-corrected chi connectivity index (χ2v) is 5.19. The summed E-state index contributed by atoms with van der Waals surface area (Å²) in [4.78, 5) is 0. The first-order chi connectivity index (χ1) is 7.94. The Balaban J connectivity index is 2.29. The first kappa shape index (κ1) is 12.3. The highest BCUT2D eigenvalue weighted by Gasteiger charge is 2.31. The summed E-state index contributed by atoms with van der Waals surface area (Å²) in [5.74, 6) is -0.277. The normalized spacial score (nSPS) is 11.5. The largest absolute Gasteiger partial charge is 0.573 e. The number of rotatable bonds is 2. The van der Waals surface area contributed by atoms with Crippen molar-refractivity contribution in [1.82, 2.24) is 10.2 Å². The monoisotopic (exact) mass is 324 g/mol. The molecule has 0 spiro atoms. The van der Waals surface area contributed by atoms with Crippen LogP contribution in [-0.2, 0) is 0 Å². The van der Waals surface area contributed by atoms with Gasteiger partial charge in [0.05, 0.1) is 0 Å². The average molecular weight is 325 g/mol. The predicted octanol–water partition coefficient (Wildman–Crippen LogP) is 3.87. The van der Waals surface area contributed by atoms with E-state index < -0.39 is 6.36 Å². The van der Waals surface area contributed by atoms with Crippen molar-refractivity contribution in [2.45, 2.75) is 6.36 Å². The summed E-state index contributed by atoms with van der Waals surface area (Å²) in [5, 5.41) is 8.05. The summed E-state index contributed by atoms with van der Waals surface area (Å²) in [6.45, 7) is 0. The van der Waals surface area contributed by atoms with Crippen LogP contribution in [0.4, 0.5) is 13.2 Å². The molecule has 0 unspecified atom stereocenters. The van der Waals surface area contributed by atoms with Crippen LogP contribution in [0.25, 0.3) is 10.6 Å². The van der Waals surface area contributed by atoms with Gasteiger partial charge in [0, 0.05) is 5.56 Å². The van der Waals surface area contributed by atoms with Crippen molar-refractivity contribution < 1.29 is 17.9 Å². The Kier molecular flexibility index (Phi) is 3.34. The predicted molar refractivity (Wildman–Crippen MR) is 59.7 cm³/mol. The molecule has 0 aliphatic carbocycles. The average Bonchev–Trinajstić information content (AvgIpc) is 2.63. The molecule has 0 atom stereocenters. The Morgan fingerprint density at radius 2 is 2.00 bits per heavy atom. The van der Waals surface area contributed by atoms with E-state index in [4.69, 9.17) is 0 Å². The van der Waals surface area contributed by atoms with Crippen LogP contribution in [-0.4, -0.2) is 16.6 Å². The minimum absolute atomic E-state index is 0.277. The summed E-state index contributed by atoms with van der Waals surface area (Å²) in [6, 6.07) is 5.59. The van der Waals surface area contributed by atoms with Crippen molar-refractivity contribution in [3.63, 3.8) is 0 Å². The molecule has 0 saturated heterocycles. The van der Waals surface area contributed by atoms with E-state index in [1.54, 1.807) is 6.07 Å². The van der Waals surface area contributed by atoms with Crippen molar-refractivity contribution in [3.05, 3.63) is 28.2 Å². The van der Waals surface area contributed by atoms with Gasteiger partial charge < -0.3 is 4.74 Å². The number of ether oxygens (including phenoxy) is 1. The van der Waals surface area contributed by atoms with E-state index in [2.05, 4.69) is 30.9 Å². The summed E-state index contributed by atoms with van der Waals surface area (Å²) < 4.78 is 40.5. The maximum atomic E-state index is 12.0. The number of alkyl halides is 3. The minimum Gasteiger partial charge on any atom is -0.406 e. The second-order valence-electron chi connectivity index (χ2n) is 2.94. The van der Waals surface area contributed by atoms with Crippen LogP contribution in [0.5, 0.6) is 5.75 Å². The van der Waals surface area contributed by atoms with E-state index in [0.29, 0.717) is 14.5 Å². The van der Waals surface area contributed by atoms with E-state index in [0.717, 1.165) is 0 Å². The maximum Gasteiger partial charge on any atom is 0.573 e. The van der Waals surface area contributed by atoms with E-state index in [1.807, 2.05) is 0 Å². The molecule has 0 amide bonds. The number of halogens is 4. The Morgan fingerprint density at radius 3 is 2.59 bits per heavy atom. The summed E-state index contributed by atoms with van der Waals surface area (Å²) >= 11 is 4.36. The third-order valence-electron chi connectivity index (χ3n) is 1.71. The minimum atomic E-state index is -4.69. The number of aromatic nitrogens is 2. The molecule has 3 nitrogen and oxygen atoms in total. The zero-order valence-corrected chi connectivity index (χ0v) is 10.4. The lowest BCUT2D eigenvalue weighted by Crippen LogP contribution is -2.17. The summed E-state index contributed by atoms with van der Waals surface area (Å²) in [7, 11) is 0. The highest BCUT2D eigenvalue weighted by atomic mass is 79.9. The van der Waals surface area contributed by atoms with E-state index in [1.165, 1.54) is 29.5 Å². The van der Waals surface area contributed by atoms with Crippen LogP contribution in [0.15, 0.2) is 28.2 Å². The van der Waals surface area contributed by atoms with Crippen LogP contribution in [0.2, 0.25) is 0 Å². The van der Waals surface area contributed by atoms with Crippen molar-refractivity contribution in [1.29, 1.82) is 0 Å². The van der Waals surface area contributed by atoms with Gasteiger partial charge in [-0.3, -0.25) is 0 Å². The van der Waals surface area contributed by atoms with E-state index >= 15 is 0 Å². The molecule has 1 aromatic carbocycles. The zero-order chi connectivity index (χ0) is 12.5. The van der Waals surface area contributed by atoms with Gasteiger partial charge in [-0.1, -0.05) is 23.5 Å². The van der Waals surface area contributed by atoms with Crippen molar-refractivity contribution >= 4 is 27.3 Å². The number of hydrogen-bond acceptors (Lipinski definition) is 4. The standard InChI is InChI=1S/C9H4BrF3N2OS/c10-8-15-14-7(17-8)5-2-1-3-6(4-5)16-9(11,12)13/h1-4H. The summed E-state index contributed by atoms with van der Waals surface area (Å²) in [5.41, 5.74) is 0.523. The highest BCUT2D eigenvalue weighted by Crippen LogP contribution is 2.30. The van der Waals surface area contributed by atoms with Gasteiger partial charge in [0.25, 0.3) is 0 Å². The lowest BCUT2D eigenvalue weighted by Gasteiger charge is -2.08. The molecule has 17 heavy (non-hydrogen) atoms. The molecule has 0 fully saturated rings. The molecular formula is C9H4BrF3N2OS. The molecule has 1 heterocycles. The van der Waals surface area contributed by atoms with Gasteiger partial charge in [0.1, 0.15) is 10.8 Å². The van der Waals surface area contributed by atoms with Gasteiger partial charge in [-0.2, -0.15) is 0 Å². The fourth-order valence-corrected chi connectivity index (χ4v) is 2.26. The highest BCUT2D eigenvalue weighted by molar-refractivity contribution is 9.11. The first-order valence-electron chi connectivity index (χ1n) is 4.29. The molecule has 0 bridgehead atoms. The Bertz CT molecular complexity index is 529. The number of benzene rings is 1. The Labute approximate surface area is 106 Å². The molecule has 0 N–H and O–H groups in total. The summed E-state index contributed by atoms with van der Waals surface area (Å²) in [6.07, 6.45) is -4.69. The van der Waals surface area contributed by atoms with Gasteiger partial charge in [-0.25, -0.2) is 0 Å². The molecule has 2 rings (SSSR count). The Hall–Kier alpha value is -1.15. The molecule has 2 aromatic rings. The Morgan fingerprint density at radius 1 is 1.24 bits per heavy atom. The topological polar surface area (TPSA) is 35.0 Å². The molecule has 0 radical (unpaired) electrons. The van der Waals surface area contributed by atoms with Crippen LogP contribution >= 0.6 is 27.3 Å². The van der Waals surface area contributed by atoms with Gasteiger partial charge in [0.2, 0.25) is 0 Å².